The van der Waals surface area contributed by atoms with E-state index < -0.39 is 0 Å². The van der Waals surface area contributed by atoms with E-state index in [9.17, 15) is 9.59 Å². The molecule has 1 aliphatic heterocycles. The van der Waals surface area contributed by atoms with Crippen molar-refractivity contribution in [3.63, 3.8) is 0 Å². The van der Waals surface area contributed by atoms with Crippen LogP contribution in [-0.2, 0) is 0 Å². The number of methoxy groups -OCH3 is 1. The number of piperazine rings is 1. The van der Waals surface area contributed by atoms with Crippen molar-refractivity contribution in [3.8, 4) is 5.75 Å². The van der Waals surface area contributed by atoms with E-state index in [-0.39, 0.29) is 17.6 Å². The second-order valence-electron chi connectivity index (χ2n) is 9.09. The van der Waals surface area contributed by atoms with Gasteiger partial charge in [0.05, 0.1) is 24.6 Å². The molecule has 0 spiro atoms. The number of hydrogen-bond acceptors (Lipinski definition) is 7. The van der Waals surface area contributed by atoms with Gasteiger partial charge < -0.3 is 34.5 Å². The van der Waals surface area contributed by atoms with Crippen molar-refractivity contribution >= 4 is 28.9 Å². The van der Waals surface area contributed by atoms with E-state index in [2.05, 4.69) is 45.2 Å². The Morgan fingerprint density at radius 1 is 0.921 bits per heavy atom. The second-order valence-corrected chi connectivity index (χ2v) is 9.09. The molecular formula is C29H37N5O4. The van der Waals surface area contributed by atoms with Gasteiger partial charge in [0.25, 0.3) is 11.8 Å². The summed E-state index contributed by atoms with van der Waals surface area (Å²) in [5.41, 5.74) is 2.99. The molecule has 2 amide bonds. The number of ether oxygens (including phenoxy) is 1. The first-order chi connectivity index (χ1) is 18.5. The lowest BCUT2D eigenvalue weighted by Gasteiger charge is -2.38. The maximum absolute atomic E-state index is 13.4. The molecule has 0 bridgehead atoms. The summed E-state index contributed by atoms with van der Waals surface area (Å²) in [5, 5.41) is 5.91. The summed E-state index contributed by atoms with van der Waals surface area (Å²) < 4.78 is 10.8. The molecule has 1 aliphatic rings. The smallest absolute Gasteiger partial charge is 0.291 e. The highest BCUT2D eigenvalue weighted by molar-refractivity contribution is 6.05. The summed E-state index contributed by atoms with van der Waals surface area (Å²) in [6.07, 6.45) is 1.46. The first kappa shape index (κ1) is 27.1. The fraction of sp³-hybridized carbons (Fsp3) is 0.379. The van der Waals surface area contributed by atoms with Gasteiger partial charge >= 0.3 is 0 Å². The quantitative estimate of drug-likeness (QED) is 0.397. The lowest BCUT2D eigenvalue weighted by atomic mass is 10.1. The van der Waals surface area contributed by atoms with Crippen molar-refractivity contribution in [1.29, 1.82) is 0 Å². The van der Waals surface area contributed by atoms with Crippen molar-refractivity contribution < 1.29 is 18.7 Å². The SMILES string of the molecule is CCN(CC)CCNC(=O)c1cc(NC(=O)c2ccco2)ccc1N1CCN(c2ccccc2OC)CC1. The Balaban J connectivity index is 1.51. The van der Waals surface area contributed by atoms with Crippen molar-refractivity contribution in [3.05, 3.63) is 72.2 Å². The van der Waals surface area contributed by atoms with Gasteiger partial charge in [0.1, 0.15) is 5.75 Å². The Morgan fingerprint density at radius 3 is 2.29 bits per heavy atom. The second kappa shape index (κ2) is 13.0. The molecule has 1 fully saturated rings. The van der Waals surface area contributed by atoms with Crippen molar-refractivity contribution in [2.45, 2.75) is 13.8 Å². The summed E-state index contributed by atoms with van der Waals surface area (Å²) in [7, 11) is 1.69. The predicted molar refractivity (Wildman–Crippen MR) is 151 cm³/mol. The van der Waals surface area contributed by atoms with Crippen LogP contribution in [0.3, 0.4) is 0 Å². The normalized spacial score (nSPS) is 13.5. The molecule has 9 nitrogen and oxygen atoms in total. The Hall–Kier alpha value is -3.98. The lowest BCUT2D eigenvalue weighted by molar-refractivity contribution is 0.0947. The van der Waals surface area contributed by atoms with Crippen molar-refractivity contribution in [2.75, 3.05) is 74.6 Å². The fourth-order valence-corrected chi connectivity index (χ4v) is 4.71. The van der Waals surface area contributed by atoms with Gasteiger partial charge in [-0.05, 0) is 55.6 Å². The number of likely N-dealkylation sites (N-methyl/N-ethyl adjacent to an activating group) is 1. The maximum atomic E-state index is 13.4. The van der Waals surface area contributed by atoms with Crippen LogP contribution in [0.4, 0.5) is 17.1 Å². The monoisotopic (exact) mass is 519 g/mol. The summed E-state index contributed by atoms with van der Waals surface area (Å²) in [4.78, 5) is 32.7. The summed E-state index contributed by atoms with van der Waals surface area (Å²) in [6.45, 7) is 10.5. The minimum Gasteiger partial charge on any atom is -0.495 e. The number of hydrogen-bond donors (Lipinski definition) is 2. The van der Waals surface area contributed by atoms with Gasteiger partial charge in [-0.25, -0.2) is 0 Å². The van der Waals surface area contributed by atoms with Crippen LogP contribution in [0, 0.1) is 0 Å². The van der Waals surface area contributed by atoms with E-state index in [0.29, 0.717) is 17.8 Å². The first-order valence-corrected chi connectivity index (χ1v) is 13.2. The number of carbonyl (C=O) groups excluding carboxylic acids is 2. The van der Waals surface area contributed by atoms with Crippen LogP contribution in [0.15, 0.2) is 65.3 Å². The number of amides is 2. The molecule has 202 valence electrons. The third-order valence-corrected chi connectivity index (χ3v) is 6.90. The highest BCUT2D eigenvalue weighted by atomic mass is 16.5. The van der Waals surface area contributed by atoms with Crippen LogP contribution in [-0.4, -0.2) is 76.2 Å². The van der Waals surface area contributed by atoms with Gasteiger partial charge in [-0.1, -0.05) is 26.0 Å². The highest BCUT2D eigenvalue weighted by Crippen LogP contribution is 2.31. The van der Waals surface area contributed by atoms with E-state index in [1.807, 2.05) is 30.3 Å². The molecule has 1 saturated heterocycles. The summed E-state index contributed by atoms with van der Waals surface area (Å²) in [5.74, 6) is 0.548. The van der Waals surface area contributed by atoms with Crippen LogP contribution in [0.5, 0.6) is 5.75 Å². The zero-order valence-electron chi connectivity index (χ0n) is 22.4. The third-order valence-electron chi connectivity index (χ3n) is 6.90. The van der Waals surface area contributed by atoms with Crippen LogP contribution in [0.2, 0.25) is 0 Å². The Labute approximate surface area is 224 Å². The predicted octanol–water partition coefficient (Wildman–Crippen LogP) is 3.94. The van der Waals surface area contributed by atoms with E-state index in [0.717, 1.165) is 62.9 Å². The minimum absolute atomic E-state index is 0.159. The Kier molecular flexibility index (Phi) is 9.26. The molecule has 0 radical (unpaired) electrons. The van der Waals surface area contributed by atoms with Crippen LogP contribution in [0.1, 0.15) is 34.8 Å². The van der Waals surface area contributed by atoms with Crippen LogP contribution in [0.25, 0.3) is 0 Å². The number of furan rings is 1. The lowest BCUT2D eigenvalue weighted by Crippen LogP contribution is -2.47. The molecule has 2 aromatic carbocycles. The minimum atomic E-state index is -0.360. The van der Waals surface area contributed by atoms with E-state index in [1.165, 1.54) is 6.26 Å². The molecule has 38 heavy (non-hydrogen) atoms. The van der Waals surface area contributed by atoms with Gasteiger partial charge in [0.15, 0.2) is 5.76 Å². The van der Waals surface area contributed by atoms with E-state index in [1.54, 1.807) is 25.3 Å². The number of nitrogens with one attached hydrogen (secondary N) is 2. The molecular weight excluding hydrogens is 482 g/mol. The largest absolute Gasteiger partial charge is 0.495 e. The maximum Gasteiger partial charge on any atom is 0.291 e. The van der Waals surface area contributed by atoms with Gasteiger partial charge in [0.2, 0.25) is 0 Å². The molecule has 0 atom stereocenters. The Morgan fingerprint density at radius 2 is 1.63 bits per heavy atom. The zero-order chi connectivity index (χ0) is 26.9. The molecule has 1 aromatic heterocycles. The molecule has 3 aromatic rings. The number of para-hydroxylation sites is 2. The number of benzene rings is 2. The van der Waals surface area contributed by atoms with Crippen molar-refractivity contribution in [1.82, 2.24) is 10.2 Å². The highest BCUT2D eigenvalue weighted by Gasteiger charge is 2.24. The van der Waals surface area contributed by atoms with Crippen LogP contribution >= 0.6 is 0 Å². The first-order valence-electron chi connectivity index (χ1n) is 13.2. The molecule has 0 saturated carbocycles. The van der Waals surface area contributed by atoms with Gasteiger partial charge in [-0.2, -0.15) is 0 Å². The van der Waals surface area contributed by atoms with Gasteiger partial charge in [-0.3, -0.25) is 9.59 Å². The number of anilines is 3. The van der Waals surface area contributed by atoms with E-state index in [4.69, 9.17) is 9.15 Å². The average Bonchev–Trinajstić information content (AvgIpc) is 3.51. The molecule has 2 heterocycles. The average molecular weight is 520 g/mol. The number of carbonyl (C=O) groups is 2. The number of rotatable bonds is 11. The van der Waals surface area contributed by atoms with Crippen LogP contribution < -0.4 is 25.2 Å². The third kappa shape index (κ3) is 6.47. The molecule has 4 rings (SSSR count). The van der Waals surface area contributed by atoms with Crippen molar-refractivity contribution in [2.24, 2.45) is 0 Å². The Bertz CT molecular complexity index is 1200. The van der Waals surface area contributed by atoms with Gasteiger partial charge in [0, 0.05) is 50.6 Å². The number of nitrogens with zero attached hydrogens (tertiary/aromatic N) is 3. The van der Waals surface area contributed by atoms with Gasteiger partial charge in [-0.15, -0.1) is 0 Å². The molecule has 9 heteroatoms. The zero-order valence-corrected chi connectivity index (χ0v) is 22.4. The summed E-state index contributed by atoms with van der Waals surface area (Å²) >= 11 is 0. The molecule has 0 unspecified atom stereocenters. The standard InChI is InChI=1S/C29H37N5O4/c1-4-32(5-2)15-14-30-28(35)23-21-22(31-29(36)27-11-8-20-38-27)12-13-24(23)33-16-18-34(19-17-33)25-9-6-7-10-26(25)37-3/h6-13,20-21H,4-5,14-19H2,1-3H3,(H,30,35)(H,31,36). The molecule has 2 N–H and O–H groups in total. The summed E-state index contributed by atoms with van der Waals surface area (Å²) in [6, 6.07) is 16.8. The van der Waals surface area contributed by atoms with E-state index >= 15 is 0 Å². The fourth-order valence-electron chi connectivity index (χ4n) is 4.71. The topological polar surface area (TPSA) is 90.3 Å². The molecule has 0 aliphatic carbocycles.